The van der Waals surface area contributed by atoms with Crippen molar-refractivity contribution in [2.24, 2.45) is 5.92 Å². The van der Waals surface area contributed by atoms with Gasteiger partial charge < -0.3 is 15.5 Å². The van der Waals surface area contributed by atoms with E-state index in [0.29, 0.717) is 5.69 Å². The lowest BCUT2D eigenvalue weighted by atomic mass is 10.1. The molecule has 1 aromatic heterocycles. The molecule has 2 aromatic rings. The number of halogens is 1. The van der Waals surface area contributed by atoms with Crippen LogP contribution in [0.4, 0.5) is 4.39 Å². The summed E-state index contributed by atoms with van der Waals surface area (Å²) >= 11 is 0. The maximum Gasteiger partial charge on any atom is 0.275 e. The second-order valence-electron chi connectivity index (χ2n) is 5.31. The molecular formula is C15H18FN3O3. The van der Waals surface area contributed by atoms with E-state index in [9.17, 15) is 19.4 Å². The molecule has 1 aromatic carbocycles. The van der Waals surface area contributed by atoms with Gasteiger partial charge in [0.15, 0.2) is 11.4 Å². The van der Waals surface area contributed by atoms with Crippen LogP contribution in [0.25, 0.3) is 5.69 Å². The number of rotatable bonds is 5. The van der Waals surface area contributed by atoms with Crippen molar-refractivity contribution in [3.8, 4) is 11.4 Å². The molecule has 0 aliphatic carbocycles. The first-order valence-corrected chi connectivity index (χ1v) is 6.89. The Labute approximate surface area is 127 Å². The quantitative estimate of drug-likeness (QED) is 0.780. The third-order valence-corrected chi connectivity index (χ3v) is 3.24. The maximum absolute atomic E-state index is 12.9. The zero-order valence-electron chi connectivity index (χ0n) is 12.3. The van der Waals surface area contributed by atoms with E-state index < -0.39 is 12.0 Å². The van der Waals surface area contributed by atoms with Crippen molar-refractivity contribution in [1.82, 2.24) is 15.1 Å². The first-order chi connectivity index (χ1) is 10.4. The minimum absolute atomic E-state index is 0.00525. The highest BCUT2D eigenvalue weighted by atomic mass is 19.1. The van der Waals surface area contributed by atoms with Gasteiger partial charge in [-0.05, 0) is 30.2 Å². The molecule has 0 aliphatic heterocycles. The number of amides is 1. The molecule has 3 N–H and O–H groups in total. The number of aromatic nitrogens is 2. The van der Waals surface area contributed by atoms with E-state index in [0.717, 1.165) is 0 Å². The smallest absolute Gasteiger partial charge is 0.275 e. The fourth-order valence-corrected chi connectivity index (χ4v) is 1.77. The van der Waals surface area contributed by atoms with E-state index in [1.54, 1.807) is 0 Å². The average Bonchev–Trinajstić information content (AvgIpc) is 2.87. The summed E-state index contributed by atoms with van der Waals surface area (Å²) in [6, 6.07) is 5.47. The van der Waals surface area contributed by atoms with Crippen LogP contribution in [0.5, 0.6) is 5.75 Å². The molecule has 22 heavy (non-hydrogen) atoms. The standard InChI is InChI=1S/C15H18FN3O3/c1-9(2)12(20)7-17-15(22)14-13(21)8-19(18-14)11-5-3-10(16)4-6-11/h3-6,8-9,12,20-21H,7H2,1-2H3,(H,17,22). The zero-order chi connectivity index (χ0) is 16.3. The van der Waals surface area contributed by atoms with Crippen molar-refractivity contribution in [2.45, 2.75) is 20.0 Å². The van der Waals surface area contributed by atoms with Gasteiger partial charge in [0, 0.05) is 6.54 Å². The summed E-state index contributed by atoms with van der Waals surface area (Å²) in [5.41, 5.74) is 0.359. The molecule has 1 atom stereocenters. The maximum atomic E-state index is 12.9. The fraction of sp³-hybridized carbons (Fsp3) is 0.333. The summed E-state index contributed by atoms with van der Waals surface area (Å²) in [5, 5.41) is 26.0. The molecule has 1 amide bonds. The van der Waals surface area contributed by atoms with Crippen molar-refractivity contribution < 1.29 is 19.4 Å². The molecule has 0 fully saturated rings. The first kappa shape index (κ1) is 16.0. The predicted octanol–water partition coefficient (Wildman–Crippen LogP) is 1.46. The molecule has 1 heterocycles. The molecule has 0 spiro atoms. The number of hydrogen-bond donors (Lipinski definition) is 3. The van der Waals surface area contributed by atoms with Crippen molar-refractivity contribution in [2.75, 3.05) is 6.54 Å². The Morgan fingerprint density at radius 2 is 2.00 bits per heavy atom. The Morgan fingerprint density at radius 3 is 2.59 bits per heavy atom. The van der Waals surface area contributed by atoms with Gasteiger partial charge in [0.1, 0.15) is 5.82 Å². The zero-order valence-corrected chi connectivity index (χ0v) is 12.3. The summed E-state index contributed by atoms with van der Waals surface area (Å²) in [7, 11) is 0. The number of carbonyl (C=O) groups is 1. The Hall–Kier alpha value is -2.41. The van der Waals surface area contributed by atoms with Gasteiger partial charge in [-0.1, -0.05) is 13.8 Å². The average molecular weight is 307 g/mol. The van der Waals surface area contributed by atoms with E-state index in [-0.39, 0.29) is 29.7 Å². The summed E-state index contributed by atoms with van der Waals surface area (Å²) in [6.45, 7) is 3.73. The SMILES string of the molecule is CC(C)C(O)CNC(=O)c1nn(-c2ccc(F)cc2)cc1O. The van der Waals surface area contributed by atoms with Crippen LogP contribution in [0.15, 0.2) is 30.5 Å². The summed E-state index contributed by atoms with van der Waals surface area (Å²) in [6.07, 6.45) is 0.589. The molecular weight excluding hydrogens is 289 g/mol. The van der Waals surface area contributed by atoms with E-state index in [1.165, 1.54) is 35.1 Å². The number of hydrogen-bond acceptors (Lipinski definition) is 4. The molecule has 118 valence electrons. The van der Waals surface area contributed by atoms with Gasteiger partial charge in [-0.25, -0.2) is 9.07 Å². The van der Waals surface area contributed by atoms with E-state index >= 15 is 0 Å². The van der Waals surface area contributed by atoms with E-state index in [1.807, 2.05) is 13.8 Å². The third-order valence-electron chi connectivity index (χ3n) is 3.24. The van der Waals surface area contributed by atoms with Crippen LogP contribution in [0.3, 0.4) is 0 Å². The molecule has 0 radical (unpaired) electrons. The molecule has 6 nitrogen and oxygen atoms in total. The minimum atomic E-state index is -0.676. The van der Waals surface area contributed by atoms with E-state index in [2.05, 4.69) is 10.4 Å². The van der Waals surface area contributed by atoms with Crippen LogP contribution in [-0.4, -0.2) is 38.5 Å². The Kier molecular flexibility index (Phi) is 4.77. The van der Waals surface area contributed by atoms with Crippen LogP contribution in [-0.2, 0) is 0 Å². The highest BCUT2D eigenvalue weighted by molar-refractivity contribution is 5.94. The van der Waals surface area contributed by atoms with Gasteiger partial charge in [0.05, 0.1) is 18.0 Å². The van der Waals surface area contributed by atoms with Gasteiger partial charge in [-0.3, -0.25) is 4.79 Å². The summed E-state index contributed by atoms with van der Waals surface area (Å²) in [4.78, 5) is 12.0. The predicted molar refractivity (Wildman–Crippen MR) is 78.4 cm³/mol. The molecule has 0 saturated heterocycles. The topological polar surface area (TPSA) is 87.4 Å². The van der Waals surface area contributed by atoms with Gasteiger partial charge in [0.25, 0.3) is 5.91 Å². The van der Waals surface area contributed by atoms with Crippen LogP contribution < -0.4 is 5.32 Å². The normalized spacial score (nSPS) is 12.4. The summed E-state index contributed by atoms with van der Waals surface area (Å²) in [5.74, 6) is -1.26. The third kappa shape index (κ3) is 3.62. The van der Waals surface area contributed by atoms with Gasteiger partial charge in [0.2, 0.25) is 0 Å². The van der Waals surface area contributed by atoms with Gasteiger partial charge in [-0.2, -0.15) is 5.10 Å². The number of aliphatic hydroxyl groups excluding tert-OH is 1. The van der Waals surface area contributed by atoms with Crippen molar-refractivity contribution >= 4 is 5.91 Å². The monoisotopic (exact) mass is 307 g/mol. The number of benzene rings is 1. The van der Waals surface area contributed by atoms with Gasteiger partial charge in [-0.15, -0.1) is 0 Å². The van der Waals surface area contributed by atoms with Crippen LogP contribution >= 0.6 is 0 Å². The van der Waals surface area contributed by atoms with E-state index in [4.69, 9.17) is 0 Å². The number of nitrogens with zero attached hydrogens (tertiary/aromatic N) is 2. The molecule has 0 aliphatic rings. The molecule has 0 bridgehead atoms. The van der Waals surface area contributed by atoms with Crippen LogP contribution in [0.1, 0.15) is 24.3 Å². The Morgan fingerprint density at radius 1 is 1.36 bits per heavy atom. The second-order valence-corrected chi connectivity index (χ2v) is 5.31. The minimum Gasteiger partial charge on any atom is -0.504 e. The number of aliphatic hydroxyl groups is 1. The lowest BCUT2D eigenvalue weighted by Gasteiger charge is -2.14. The number of aromatic hydroxyl groups is 1. The van der Waals surface area contributed by atoms with Crippen LogP contribution in [0, 0.1) is 11.7 Å². The number of carbonyl (C=O) groups excluding carboxylic acids is 1. The van der Waals surface area contributed by atoms with Crippen molar-refractivity contribution in [3.05, 3.63) is 42.0 Å². The van der Waals surface area contributed by atoms with Gasteiger partial charge >= 0.3 is 0 Å². The Bertz CT molecular complexity index is 653. The molecule has 7 heteroatoms. The fourth-order valence-electron chi connectivity index (χ4n) is 1.77. The molecule has 1 unspecified atom stereocenters. The molecule has 2 rings (SSSR count). The second kappa shape index (κ2) is 6.57. The Balaban J connectivity index is 2.12. The lowest BCUT2D eigenvalue weighted by Crippen LogP contribution is -2.35. The summed E-state index contributed by atoms with van der Waals surface area (Å²) < 4.78 is 14.2. The number of nitrogens with one attached hydrogen (secondary N) is 1. The highest BCUT2D eigenvalue weighted by Gasteiger charge is 2.18. The van der Waals surface area contributed by atoms with Crippen molar-refractivity contribution in [1.29, 1.82) is 0 Å². The molecule has 0 saturated carbocycles. The van der Waals surface area contributed by atoms with Crippen molar-refractivity contribution in [3.63, 3.8) is 0 Å². The largest absolute Gasteiger partial charge is 0.504 e. The first-order valence-electron chi connectivity index (χ1n) is 6.89. The van der Waals surface area contributed by atoms with Crippen LogP contribution in [0.2, 0.25) is 0 Å². The highest BCUT2D eigenvalue weighted by Crippen LogP contribution is 2.18. The lowest BCUT2D eigenvalue weighted by molar-refractivity contribution is 0.0864.